The van der Waals surface area contributed by atoms with Crippen molar-refractivity contribution in [2.75, 3.05) is 6.54 Å². The highest BCUT2D eigenvalue weighted by molar-refractivity contribution is 7.15. The van der Waals surface area contributed by atoms with Crippen LogP contribution in [0.1, 0.15) is 31.8 Å². The molecule has 2 aromatic rings. The summed E-state index contributed by atoms with van der Waals surface area (Å²) in [6, 6.07) is 9.58. The molecule has 1 aromatic carbocycles. The molecule has 0 saturated heterocycles. The number of carbonyl (C=O) groups excluding carboxylic acids is 2. The van der Waals surface area contributed by atoms with Gasteiger partial charge in [-0.1, -0.05) is 12.1 Å². The minimum Gasteiger partial charge on any atom is -0.351 e. The lowest BCUT2D eigenvalue weighted by Gasteiger charge is -2.04. The van der Waals surface area contributed by atoms with Crippen molar-refractivity contribution in [1.29, 1.82) is 0 Å². The van der Waals surface area contributed by atoms with Crippen molar-refractivity contribution in [3.63, 3.8) is 0 Å². The topological polar surface area (TPSA) is 46.2 Å². The number of amides is 1. The fourth-order valence-corrected chi connectivity index (χ4v) is 2.57. The average Bonchev–Trinajstić information content (AvgIpc) is 2.88. The molecule has 1 N–H and O–H groups in total. The second kappa shape index (κ2) is 6.43. The van der Waals surface area contributed by atoms with Gasteiger partial charge in [0.25, 0.3) is 5.91 Å². The Morgan fingerprint density at radius 1 is 1.20 bits per heavy atom. The molecule has 0 atom stereocenters. The Labute approximate surface area is 120 Å². The zero-order valence-electron chi connectivity index (χ0n) is 11.0. The van der Waals surface area contributed by atoms with Gasteiger partial charge in [0.1, 0.15) is 5.82 Å². The molecule has 104 valence electrons. The fraction of sp³-hybridized carbons (Fsp3) is 0.200. The first-order valence-electron chi connectivity index (χ1n) is 6.19. The van der Waals surface area contributed by atoms with Gasteiger partial charge >= 0.3 is 0 Å². The number of carbonyl (C=O) groups is 2. The van der Waals surface area contributed by atoms with Gasteiger partial charge in [-0.15, -0.1) is 11.3 Å². The molecule has 5 heteroatoms. The molecule has 1 heterocycles. The summed E-state index contributed by atoms with van der Waals surface area (Å²) in [6.07, 6.45) is 0.564. The summed E-state index contributed by atoms with van der Waals surface area (Å²) in [6.45, 7) is 1.90. The van der Waals surface area contributed by atoms with Gasteiger partial charge in [0.05, 0.1) is 9.75 Å². The van der Waals surface area contributed by atoms with Crippen molar-refractivity contribution < 1.29 is 14.0 Å². The number of rotatable bonds is 5. The Balaban J connectivity index is 1.87. The molecular formula is C15H14FNO2S. The maximum atomic E-state index is 13.0. The molecule has 0 fully saturated rings. The summed E-state index contributed by atoms with van der Waals surface area (Å²) in [7, 11) is 0. The lowest BCUT2D eigenvalue weighted by atomic mass is 10.1. The number of benzene rings is 1. The van der Waals surface area contributed by atoms with Crippen LogP contribution in [0.4, 0.5) is 4.39 Å². The summed E-state index contributed by atoms with van der Waals surface area (Å²) in [5.41, 5.74) is 0.834. The van der Waals surface area contributed by atoms with Gasteiger partial charge in [-0.2, -0.15) is 0 Å². The first-order valence-corrected chi connectivity index (χ1v) is 7.01. The molecule has 0 aliphatic rings. The minimum atomic E-state index is -0.279. The summed E-state index contributed by atoms with van der Waals surface area (Å²) in [5, 5.41) is 2.76. The Morgan fingerprint density at radius 3 is 2.60 bits per heavy atom. The van der Waals surface area contributed by atoms with E-state index in [9.17, 15) is 14.0 Å². The van der Waals surface area contributed by atoms with Gasteiger partial charge in [-0.05, 0) is 43.2 Å². The third-order valence-electron chi connectivity index (χ3n) is 2.77. The van der Waals surface area contributed by atoms with Gasteiger partial charge in [-0.3, -0.25) is 9.59 Å². The van der Waals surface area contributed by atoms with Crippen LogP contribution in [0.15, 0.2) is 36.4 Å². The van der Waals surface area contributed by atoms with E-state index in [4.69, 9.17) is 0 Å². The van der Waals surface area contributed by atoms with Crippen molar-refractivity contribution in [1.82, 2.24) is 5.32 Å². The van der Waals surface area contributed by atoms with Crippen LogP contribution in [0.2, 0.25) is 0 Å². The number of halogens is 1. The minimum absolute atomic E-state index is 0.0474. The number of thiophene rings is 1. The van der Waals surface area contributed by atoms with Crippen LogP contribution in [0.3, 0.4) is 0 Å². The van der Waals surface area contributed by atoms with Crippen LogP contribution in [0.5, 0.6) is 0 Å². The predicted molar refractivity (Wildman–Crippen MR) is 76.8 cm³/mol. The standard InChI is InChI=1S/C15H14FNO2S/c1-10(18)13-5-6-14(20-13)15(19)17-8-7-11-3-2-4-12(16)9-11/h2-6,9H,7-8H2,1H3,(H,17,19). The molecule has 0 aliphatic heterocycles. The van der Waals surface area contributed by atoms with Crippen molar-refractivity contribution in [3.05, 3.63) is 57.5 Å². The molecule has 0 bridgehead atoms. The SMILES string of the molecule is CC(=O)c1ccc(C(=O)NCCc2cccc(F)c2)s1. The third-order valence-corrected chi connectivity index (χ3v) is 3.95. The number of Topliss-reactive ketones (excluding diaryl/α,β-unsaturated/α-hetero) is 1. The van der Waals surface area contributed by atoms with Crippen LogP contribution >= 0.6 is 11.3 Å². The summed E-state index contributed by atoms with van der Waals surface area (Å²) in [5.74, 6) is -0.536. The van der Waals surface area contributed by atoms with E-state index in [0.29, 0.717) is 22.7 Å². The Bertz CT molecular complexity index is 636. The van der Waals surface area contributed by atoms with E-state index in [1.807, 2.05) is 6.07 Å². The second-order valence-electron chi connectivity index (χ2n) is 4.36. The molecule has 1 amide bonds. The van der Waals surface area contributed by atoms with E-state index >= 15 is 0 Å². The van der Waals surface area contributed by atoms with Gasteiger partial charge in [0.15, 0.2) is 5.78 Å². The zero-order chi connectivity index (χ0) is 14.5. The maximum absolute atomic E-state index is 13.0. The number of hydrogen-bond acceptors (Lipinski definition) is 3. The van der Waals surface area contributed by atoms with Crippen LogP contribution in [-0.4, -0.2) is 18.2 Å². The molecule has 0 spiro atoms. The van der Waals surface area contributed by atoms with E-state index < -0.39 is 0 Å². The quantitative estimate of drug-likeness (QED) is 0.861. The maximum Gasteiger partial charge on any atom is 0.261 e. The van der Waals surface area contributed by atoms with E-state index in [0.717, 1.165) is 5.56 Å². The van der Waals surface area contributed by atoms with Crippen LogP contribution in [-0.2, 0) is 6.42 Å². The first-order chi connectivity index (χ1) is 9.56. The lowest BCUT2D eigenvalue weighted by Crippen LogP contribution is -2.24. The summed E-state index contributed by atoms with van der Waals surface area (Å²) >= 11 is 1.18. The lowest BCUT2D eigenvalue weighted by molar-refractivity contribution is 0.0957. The van der Waals surface area contributed by atoms with Gasteiger partial charge in [0, 0.05) is 6.54 Å². The van der Waals surface area contributed by atoms with Crippen molar-refractivity contribution >= 4 is 23.0 Å². The number of nitrogens with one attached hydrogen (secondary N) is 1. The third kappa shape index (κ3) is 3.74. The largest absolute Gasteiger partial charge is 0.351 e. The molecule has 2 rings (SSSR count). The Morgan fingerprint density at radius 2 is 1.95 bits per heavy atom. The Hall–Kier alpha value is -2.01. The van der Waals surface area contributed by atoms with Crippen molar-refractivity contribution in [2.24, 2.45) is 0 Å². The van der Waals surface area contributed by atoms with Gasteiger partial charge < -0.3 is 5.32 Å². The zero-order valence-corrected chi connectivity index (χ0v) is 11.8. The van der Waals surface area contributed by atoms with Gasteiger partial charge in [-0.25, -0.2) is 4.39 Å². The van der Waals surface area contributed by atoms with E-state index in [-0.39, 0.29) is 17.5 Å². The van der Waals surface area contributed by atoms with E-state index in [2.05, 4.69) is 5.32 Å². The highest BCUT2D eigenvalue weighted by Crippen LogP contribution is 2.16. The monoisotopic (exact) mass is 291 g/mol. The normalized spacial score (nSPS) is 10.3. The number of ketones is 1. The fourth-order valence-electron chi connectivity index (χ4n) is 1.75. The molecule has 0 unspecified atom stereocenters. The highest BCUT2D eigenvalue weighted by Gasteiger charge is 2.10. The molecule has 3 nitrogen and oxygen atoms in total. The molecular weight excluding hydrogens is 277 g/mol. The average molecular weight is 291 g/mol. The molecule has 0 saturated carbocycles. The second-order valence-corrected chi connectivity index (χ2v) is 5.44. The summed E-state index contributed by atoms with van der Waals surface area (Å²) < 4.78 is 13.0. The van der Waals surface area contributed by atoms with E-state index in [1.165, 1.54) is 30.4 Å². The first kappa shape index (κ1) is 14.4. The molecule has 1 aromatic heterocycles. The van der Waals surface area contributed by atoms with Crippen LogP contribution < -0.4 is 5.32 Å². The molecule has 20 heavy (non-hydrogen) atoms. The van der Waals surface area contributed by atoms with Crippen molar-refractivity contribution in [2.45, 2.75) is 13.3 Å². The molecule has 0 aliphatic carbocycles. The predicted octanol–water partition coefficient (Wildman–Crippen LogP) is 3.06. The van der Waals surface area contributed by atoms with Crippen molar-refractivity contribution in [3.8, 4) is 0 Å². The highest BCUT2D eigenvalue weighted by atomic mass is 32.1. The molecule has 0 radical (unpaired) electrons. The summed E-state index contributed by atoms with van der Waals surface area (Å²) in [4.78, 5) is 24.1. The van der Waals surface area contributed by atoms with Crippen LogP contribution in [0.25, 0.3) is 0 Å². The number of hydrogen-bond donors (Lipinski definition) is 1. The van der Waals surface area contributed by atoms with E-state index in [1.54, 1.807) is 18.2 Å². The Kier molecular flexibility index (Phi) is 4.63. The van der Waals surface area contributed by atoms with Crippen LogP contribution in [0, 0.1) is 5.82 Å². The van der Waals surface area contributed by atoms with Gasteiger partial charge in [0.2, 0.25) is 0 Å². The smallest absolute Gasteiger partial charge is 0.261 e.